The molecule has 0 aromatic carbocycles. The van der Waals surface area contributed by atoms with E-state index in [0.29, 0.717) is 12.1 Å². The van der Waals surface area contributed by atoms with E-state index >= 15 is 0 Å². The third-order valence-corrected chi connectivity index (χ3v) is 4.17. The first kappa shape index (κ1) is 18.3. The maximum Gasteiger partial charge on any atom is 0.343 e. The van der Waals surface area contributed by atoms with Gasteiger partial charge in [-0.25, -0.2) is 9.59 Å². The molecule has 24 heavy (non-hydrogen) atoms. The summed E-state index contributed by atoms with van der Waals surface area (Å²) < 4.78 is 6.74. The first-order valence-electron chi connectivity index (χ1n) is 8.96. The number of unbranched alkanes of at least 4 members (excludes halogenated alkanes) is 1. The quantitative estimate of drug-likeness (QED) is 0.748. The van der Waals surface area contributed by atoms with Crippen molar-refractivity contribution in [3.8, 4) is 0 Å². The molecule has 2 rings (SSSR count). The van der Waals surface area contributed by atoms with Crippen molar-refractivity contribution in [3.05, 3.63) is 11.8 Å². The lowest BCUT2D eigenvalue weighted by molar-refractivity contribution is 0.0527. The Morgan fingerprint density at radius 3 is 2.71 bits per heavy atom. The smallest absolute Gasteiger partial charge is 0.343 e. The van der Waals surface area contributed by atoms with Crippen molar-refractivity contribution in [1.82, 2.24) is 15.1 Å². The summed E-state index contributed by atoms with van der Waals surface area (Å²) in [5.74, 6) is -0.203. The lowest BCUT2D eigenvalue weighted by Crippen LogP contribution is -2.39. The van der Waals surface area contributed by atoms with E-state index < -0.39 is 5.97 Å². The molecular weight excluding hydrogens is 308 g/mol. The Morgan fingerprint density at radius 1 is 1.29 bits per heavy atom. The number of esters is 1. The summed E-state index contributed by atoms with van der Waals surface area (Å²) in [6.07, 6.45) is 9.15. The van der Waals surface area contributed by atoms with E-state index in [0.717, 1.165) is 38.5 Å². The number of hydrogen-bond acceptors (Lipinski definition) is 4. The highest BCUT2D eigenvalue weighted by Gasteiger charge is 2.21. The third kappa shape index (κ3) is 5.25. The number of hydrogen-bond donors (Lipinski definition) is 2. The second-order valence-corrected chi connectivity index (χ2v) is 6.16. The molecule has 1 aliphatic rings. The summed E-state index contributed by atoms with van der Waals surface area (Å²) in [7, 11) is 0. The molecule has 1 fully saturated rings. The van der Waals surface area contributed by atoms with E-state index in [9.17, 15) is 9.59 Å². The zero-order chi connectivity index (χ0) is 17.4. The maximum atomic E-state index is 12.2. The van der Waals surface area contributed by atoms with Crippen LogP contribution < -0.4 is 10.6 Å². The number of nitrogens with one attached hydrogen (secondary N) is 2. The first-order valence-corrected chi connectivity index (χ1v) is 8.96. The number of nitrogens with zero attached hydrogens (tertiary/aromatic N) is 2. The van der Waals surface area contributed by atoms with Crippen LogP contribution in [0.2, 0.25) is 0 Å². The minimum Gasteiger partial charge on any atom is -0.462 e. The van der Waals surface area contributed by atoms with Crippen LogP contribution in [0.25, 0.3) is 0 Å². The molecule has 1 aromatic rings. The zero-order valence-electron chi connectivity index (χ0n) is 14.6. The summed E-state index contributed by atoms with van der Waals surface area (Å²) >= 11 is 0. The van der Waals surface area contributed by atoms with E-state index in [2.05, 4.69) is 22.7 Å². The number of anilines is 1. The fraction of sp³-hybridized carbons (Fsp3) is 0.706. The Balaban J connectivity index is 2.03. The van der Waals surface area contributed by atoms with Gasteiger partial charge in [0.25, 0.3) is 0 Å². The summed E-state index contributed by atoms with van der Waals surface area (Å²) in [5, 5.41) is 10.0. The number of aromatic nitrogens is 2. The molecule has 0 atom stereocenters. The van der Waals surface area contributed by atoms with Crippen LogP contribution in [0.3, 0.4) is 0 Å². The van der Waals surface area contributed by atoms with Crippen LogP contribution in [0.5, 0.6) is 0 Å². The van der Waals surface area contributed by atoms with Crippen molar-refractivity contribution in [2.24, 2.45) is 0 Å². The van der Waals surface area contributed by atoms with E-state index in [1.165, 1.54) is 6.42 Å². The molecule has 1 aromatic heterocycles. The van der Waals surface area contributed by atoms with Gasteiger partial charge in [0.2, 0.25) is 0 Å². The van der Waals surface area contributed by atoms with Crippen LogP contribution in [-0.2, 0) is 11.3 Å². The van der Waals surface area contributed by atoms with Crippen LogP contribution in [0, 0.1) is 0 Å². The zero-order valence-corrected chi connectivity index (χ0v) is 14.6. The SMILES string of the molecule is CCCCn1cc(C(=O)OCC)c(NC(=O)NC2CCCCC2)n1. The monoisotopic (exact) mass is 336 g/mol. The molecule has 2 amide bonds. The molecule has 1 aliphatic carbocycles. The van der Waals surface area contributed by atoms with Crippen LogP contribution in [0.4, 0.5) is 10.6 Å². The van der Waals surface area contributed by atoms with E-state index in [4.69, 9.17) is 4.74 Å². The minimum absolute atomic E-state index is 0.201. The van der Waals surface area contributed by atoms with Crippen LogP contribution in [0.15, 0.2) is 6.20 Å². The van der Waals surface area contributed by atoms with Crippen LogP contribution >= 0.6 is 0 Å². The van der Waals surface area contributed by atoms with Gasteiger partial charge in [-0.3, -0.25) is 10.00 Å². The predicted molar refractivity (Wildman–Crippen MR) is 92.1 cm³/mol. The average Bonchev–Trinajstić information content (AvgIpc) is 2.96. The normalized spacial score (nSPS) is 15.1. The summed E-state index contributed by atoms with van der Waals surface area (Å²) in [5.41, 5.74) is 0.298. The Kier molecular flexibility index (Phi) is 7.08. The Hall–Kier alpha value is -2.05. The fourth-order valence-corrected chi connectivity index (χ4v) is 2.88. The maximum absolute atomic E-state index is 12.2. The number of rotatable bonds is 7. The number of urea groups is 1. The van der Waals surface area contributed by atoms with Crippen molar-refractivity contribution in [3.63, 3.8) is 0 Å². The number of aryl methyl sites for hydroxylation is 1. The van der Waals surface area contributed by atoms with Gasteiger partial charge in [0.1, 0.15) is 5.56 Å². The number of ether oxygens (including phenoxy) is 1. The van der Waals surface area contributed by atoms with Crippen molar-refractivity contribution in [2.75, 3.05) is 11.9 Å². The number of carbonyl (C=O) groups is 2. The first-order chi connectivity index (χ1) is 11.6. The second-order valence-electron chi connectivity index (χ2n) is 6.16. The summed E-state index contributed by atoms with van der Waals surface area (Å²) in [6.45, 7) is 4.83. The van der Waals surface area contributed by atoms with Crippen LogP contribution in [-0.4, -0.2) is 34.4 Å². The van der Waals surface area contributed by atoms with Gasteiger partial charge in [0.05, 0.1) is 6.61 Å². The molecular formula is C17H28N4O3. The minimum atomic E-state index is -0.465. The van der Waals surface area contributed by atoms with Gasteiger partial charge in [-0.2, -0.15) is 5.10 Å². The van der Waals surface area contributed by atoms with Crippen LogP contribution in [0.1, 0.15) is 69.2 Å². The molecule has 1 heterocycles. The standard InChI is InChI=1S/C17H28N4O3/c1-3-5-11-21-12-14(16(22)24-4-2)15(20-21)19-17(23)18-13-9-7-6-8-10-13/h12-13H,3-11H2,1-2H3,(H2,18,19,20,23). The highest BCUT2D eigenvalue weighted by Crippen LogP contribution is 2.18. The van der Waals surface area contributed by atoms with Crippen molar-refractivity contribution in [2.45, 2.75) is 71.4 Å². The molecule has 0 saturated heterocycles. The lowest BCUT2D eigenvalue weighted by atomic mass is 9.96. The molecule has 0 spiro atoms. The van der Waals surface area contributed by atoms with Crippen molar-refractivity contribution < 1.29 is 14.3 Å². The van der Waals surface area contributed by atoms with Crippen molar-refractivity contribution >= 4 is 17.8 Å². The van der Waals surface area contributed by atoms with Gasteiger partial charge in [-0.05, 0) is 26.2 Å². The van der Waals surface area contributed by atoms with E-state index in [1.54, 1.807) is 17.8 Å². The van der Waals surface area contributed by atoms with E-state index in [1.807, 2.05) is 0 Å². The Morgan fingerprint density at radius 2 is 2.04 bits per heavy atom. The number of amides is 2. The third-order valence-electron chi connectivity index (χ3n) is 4.17. The molecule has 134 valence electrons. The second kappa shape index (κ2) is 9.30. The molecule has 2 N–H and O–H groups in total. The van der Waals surface area contributed by atoms with Gasteiger partial charge in [-0.15, -0.1) is 0 Å². The lowest BCUT2D eigenvalue weighted by Gasteiger charge is -2.22. The highest BCUT2D eigenvalue weighted by molar-refractivity contribution is 5.99. The predicted octanol–water partition coefficient (Wildman–Crippen LogP) is 3.31. The number of carbonyl (C=O) groups excluding carboxylic acids is 2. The molecule has 0 radical (unpaired) electrons. The van der Waals surface area contributed by atoms with Gasteiger partial charge < -0.3 is 10.1 Å². The average molecular weight is 336 g/mol. The summed E-state index contributed by atoms with van der Waals surface area (Å²) in [6, 6.07) is -0.111. The highest BCUT2D eigenvalue weighted by atomic mass is 16.5. The van der Waals surface area contributed by atoms with E-state index in [-0.39, 0.29) is 24.5 Å². The Bertz CT molecular complexity index is 550. The van der Waals surface area contributed by atoms with Gasteiger partial charge in [-0.1, -0.05) is 32.6 Å². The fourth-order valence-electron chi connectivity index (χ4n) is 2.88. The topological polar surface area (TPSA) is 85.2 Å². The molecule has 0 unspecified atom stereocenters. The molecule has 1 saturated carbocycles. The van der Waals surface area contributed by atoms with Gasteiger partial charge in [0, 0.05) is 18.8 Å². The summed E-state index contributed by atoms with van der Waals surface area (Å²) in [4.78, 5) is 24.3. The molecule has 0 aliphatic heterocycles. The largest absolute Gasteiger partial charge is 0.462 e. The van der Waals surface area contributed by atoms with Gasteiger partial charge in [0.15, 0.2) is 5.82 Å². The van der Waals surface area contributed by atoms with Crippen molar-refractivity contribution in [1.29, 1.82) is 0 Å². The Labute approximate surface area is 143 Å². The van der Waals surface area contributed by atoms with Gasteiger partial charge >= 0.3 is 12.0 Å². The molecule has 0 bridgehead atoms. The molecule has 7 nitrogen and oxygen atoms in total. The molecule has 7 heteroatoms.